The molecule has 4 N–H and O–H groups in total. The van der Waals surface area contributed by atoms with Gasteiger partial charge >= 0.3 is 0 Å². The SMILES string of the molecule is N#Cc1c(N)ccc(F)c1Oc1ccc2ncn(C3COC4(CCN(C5CCC(c6ccc(NC7CCC(=O)NC7=O)cc6F)CC5)CC4)C3)c(=O)c2c1F. The van der Waals surface area contributed by atoms with E-state index in [4.69, 9.17) is 15.2 Å². The molecule has 286 valence electrons. The lowest BCUT2D eigenvalue weighted by molar-refractivity contribution is -0.133. The molecule has 1 saturated carbocycles. The van der Waals surface area contributed by atoms with Gasteiger partial charge in [0, 0.05) is 31.2 Å². The highest BCUT2D eigenvalue weighted by Crippen LogP contribution is 2.43. The standard InChI is InChI=1S/C40H40F3N7O5/c41-28-7-8-30(45)27(19-44)37(28)55-33-11-9-31-35(36(33)43)39(53)50(21-46-31)25-18-40(54-20-25)13-15-49(16-14-40)24-4-1-22(2-5-24)26-6-3-23(17-29(26)42)47-32-10-12-34(51)48-38(32)52/h3,6-9,11,17,21-22,24-25,32,47H,1-2,4-5,10,12-16,18,20,45H2,(H,48,51,52). The van der Waals surface area contributed by atoms with Crippen LogP contribution in [-0.2, 0) is 14.3 Å². The molecule has 4 aliphatic rings. The molecule has 8 rings (SSSR count). The number of ether oxygens (including phenoxy) is 2. The van der Waals surface area contributed by atoms with Crippen LogP contribution in [0.25, 0.3) is 10.9 Å². The molecule has 1 aromatic heterocycles. The van der Waals surface area contributed by atoms with Gasteiger partial charge in [-0.3, -0.25) is 24.3 Å². The number of hydrogen-bond donors (Lipinski definition) is 3. The van der Waals surface area contributed by atoms with Gasteiger partial charge in [0.2, 0.25) is 11.8 Å². The Bertz CT molecular complexity index is 2280. The van der Waals surface area contributed by atoms with Crippen molar-refractivity contribution in [3.8, 4) is 17.6 Å². The lowest BCUT2D eigenvalue weighted by Crippen LogP contribution is -2.49. The first-order valence-electron chi connectivity index (χ1n) is 18.7. The molecular formula is C40H40F3N7O5. The quantitative estimate of drug-likeness (QED) is 0.155. The van der Waals surface area contributed by atoms with Crippen LogP contribution in [0.1, 0.15) is 80.9 Å². The Balaban J connectivity index is 0.878. The monoisotopic (exact) mass is 755 g/mol. The van der Waals surface area contributed by atoms with Crippen molar-refractivity contribution < 1.29 is 32.2 Å². The van der Waals surface area contributed by atoms with Crippen LogP contribution in [-0.4, -0.2) is 63.6 Å². The van der Waals surface area contributed by atoms with Crippen molar-refractivity contribution in [3.63, 3.8) is 0 Å². The second kappa shape index (κ2) is 14.6. The zero-order chi connectivity index (χ0) is 38.4. The second-order valence-electron chi connectivity index (χ2n) is 15.1. The van der Waals surface area contributed by atoms with Gasteiger partial charge in [-0.1, -0.05) is 6.07 Å². The Hall–Kier alpha value is -5.46. The minimum atomic E-state index is -1.02. The number of imide groups is 1. The van der Waals surface area contributed by atoms with Gasteiger partial charge in [-0.05, 0) is 99.2 Å². The summed E-state index contributed by atoms with van der Waals surface area (Å²) in [5.74, 6) is -3.78. The normalized spacial score (nSPS) is 24.1. The predicted molar refractivity (Wildman–Crippen MR) is 196 cm³/mol. The third-order valence-corrected chi connectivity index (χ3v) is 11.8. The van der Waals surface area contributed by atoms with Crippen LogP contribution in [0, 0.1) is 28.8 Å². The van der Waals surface area contributed by atoms with E-state index in [0.717, 1.165) is 57.7 Å². The van der Waals surface area contributed by atoms with Gasteiger partial charge in [0.1, 0.15) is 28.9 Å². The summed E-state index contributed by atoms with van der Waals surface area (Å²) in [4.78, 5) is 44.1. The minimum absolute atomic E-state index is 0.0311. The average molecular weight is 756 g/mol. The molecular weight excluding hydrogens is 715 g/mol. The third kappa shape index (κ3) is 7.00. The summed E-state index contributed by atoms with van der Waals surface area (Å²) in [5.41, 5.74) is 5.74. The van der Waals surface area contributed by atoms with E-state index in [-0.39, 0.29) is 58.9 Å². The maximum atomic E-state index is 15.9. The van der Waals surface area contributed by atoms with Crippen molar-refractivity contribution in [1.82, 2.24) is 19.8 Å². The number of carbonyl (C=O) groups is 2. The zero-order valence-corrected chi connectivity index (χ0v) is 30.0. The number of halogens is 3. The van der Waals surface area contributed by atoms with E-state index in [0.29, 0.717) is 30.1 Å². The van der Waals surface area contributed by atoms with Gasteiger partial charge in [-0.25, -0.2) is 18.2 Å². The highest BCUT2D eigenvalue weighted by molar-refractivity contribution is 6.01. The number of nitrogens with one attached hydrogen (secondary N) is 2. The summed E-state index contributed by atoms with van der Waals surface area (Å²) in [6.07, 6.45) is 7.72. The molecule has 0 bridgehead atoms. The molecule has 15 heteroatoms. The number of nitrogens with zero attached hydrogens (tertiary/aromatic N) is 4. The Kier molecular flexibility index (Phi) is 9.72. The summed E-state index contributed by atoms with van der Waals surface area (Å²) < 4.78 is 59.1. The topological polar surface area (TPSA) is 165 Å². The minimum Gasteiger partial charge on any atom is -0.450 e. The number of nitrogen functional groups attached to an aromatic ring is 1. The summed E-state index contributed by atoms with van der Waals surface area (Å²) in [5, 5.41) is 14.5. The lowest BCUT2D eigenvalue weighted by atomic mass is 9.79. The molecule has 2 amide bonds. The first-order valence-corrected chi connectivity index (χ1v) is 18.7. The number of aromatic nitrogens is 2. The van der Waals surface area contributed by atoms with Crippen LogP contribution in [0.2, 0.25) is 0 Å². The van der Waals surface area contributed by atoms with Gasteiger partial charge in [0.05, 0.1) is 35.8 Å². The number of nitriles is 1. The van der Waals surface area contributed by atoms with Crippen LogP contribution in [0.3, 0.4) is 0 Å². The first kappa shape index (κ1) is 36.5. The van der Waals surface area contributed by atoms with Gasteiger partial charge in [-0.15, -0.1) is 0 Å². The predicted octanol–water partition coefficient (Wildman–Crippen LogP) is 5.80. The molecule has 1 spiro atoms. The van der Waals surface area contributed by atoms with Crippen LogP contribution in [0.15, 0.2) is 53.6 Å². The van der Waals surface area contributed by atoms with E-state index in [1.165, 1.54) is 35.2 Å². The molecule has 0 radical (unpaired) electrons. The van der Waals surface area contributed by atoms with E-state index in [9.17, 15) is 24.0 Å². The molecule has 4 aromatic rings. The van der Waals surface area contributed by atoms with E-state index in [2.05, 4.69) is 20.5 Å². The number of hydrogen-bond acceptors (Lipinski definition) is 10. The summed E-state index contributed by atoms with van der Waals surface area (Å²) in [6.45, 7) is 1.91. The molecule has 12 nitrogen and oxygen atoms in total. The number of likely N-dealkylation sites (tertiary alicyclic amines) is 1. The number of nitrogens with two attached hydrogens (primary N) is 1. The highest BCUT2D eigenvalue weighted by Gasteiger charge is 2.45. The number of piperidine rings is 2. The van der Waals surface area contributed by atoms with Crippen LogP contribution in [0.4, 0.5) is 24.5 Å². The Morgan fingerprint density at radius 3 is 2.49 bits per heavy atom. The number of benzene rings is 3. The number of anilines is 2. The molecule has 3 aromatic carbocycles. The lowest BCUT2D eigenvalue weighted by Gasteiger charge is -2.44. The van der Waals surface area contributed by atoms with Crippen LogP contribution in [0.5, 0.6) is 11.5 Å². The van der Waals surface area contributed by atoms with Crippen LogP contribution >= 0.6 is 0 Å². The number of rotatable bonds is 7. The van der Waals surface area contributed by atoms with Crippen molar-refractivity contribution in [2.24, 2.45) is 0 Å². The first-order chi connectivity index (χ1) is 26.5. The maximum Gasteiger partial charge on any atom is 0.264 e. The number of amides is 2. The van der Waals surface area contributed by atoms with Gasteiger partial charge in [-0.2, -0.15) is 5.26 Å². The summed E-state index contributed by atoms with van der Waals surface area (Å²) in [7, 11) is 0. The summed E-state index contributed by atoms with van der Waals surface area (Å²) >= 11 is 0. The molecule has 3 aliphatic heterocycles. The highest BCUT2D eigenvalue weighted by atomic mass is 19.1. The van der Waals surface area contributed by atoms with Gasteiger partial charge < -0.3 is 25.4 Å². The van der Waals surface area contributed by atoms with Crippen molar-refractivity contribution in [3.05, 3.63) is 87.7 Å². The fourth-order valence-corrected chi connectivity index (χ4v) is 8.78. The maximum absolute atomic E-state index is 15.9. The molecule has 1 aliphatic carbocycles. The van der Waals surface area contributed by atoms with E-state index < -0.39 is 46.2 Å². The fraction of sp³-hybridized carbons (Fsp3) is 0.425. The van der Waals surface area contributed by atoms with Crippen molar-refractivity contribution in [2.45, 2.75) is 87.4 Å². The molecule has 2 unspecified atom stereocenters. The Morgan fingerprint density at radius 1 is 0.982 bits per heavy atom. The van der Waals surface area contributed by atoms with Crippen molar-refractivity contribution in [1.29, 1.82) is 5.26 Å². The van der Waals surface area contributed by atoms with Crippen molar-refractivity contribution >= 4 is 34.1 Å². The van der Waals surface area contributed by atoms with E-state index >= 15 is 8.78 Å². The second-order valence-corrected chi connectivity index (χ2v) is 15.1. The smallest absolute Gasteiger partial charge is 0.264 e. The molecule has 2 atom stereocenters. The molecule has 4 heterocycles. The average Bonchev–Trinajstić information content (AvgIpc) is 3.58. The van der Waals surface area contributed by atoms with E-state index in [1.807, 2.05) is 0 Å². The Labute approximate surface area is 314 Å². The number of fused-ring (bicyclic) bond motifs is 1. The Morgan fingerprint density at radius 2 is 1.76 bits per heavy atom. The zero-order valence-electron chi connectivity index (χ0n) is 30.0. The van der Waals surface area contributed by atoms with Gasteiger partial charge in [0.25, 0.3) is 5.56 Å². The molecule has 3 saturated heterocycles. The fourth-order valence-electron chi connectivity index (χ4n) is 8.78. The van der Waals surface area contributed by atoms with E-state index in [1.54, 1.807) is 18.2 Å². The van der Waals surface area contributed by atoms with Gasteiger partial charge in [0.15, 0.2) is 23.1 Å². The van der Waals surface area contributed by atoms with Crippen LogP contribution < -0.4 is 26.7 Å². The number of carbonyl (C=O) groups excluding carboxylic acids is 2. The third-order valence-electron chi connectivity index (χ3n) is 11.8. The summed E-state index contributed by atoms with van der Waals surface area (Å²) in [6, 6.07) is 11.1. The largest absolute Gasteiger partial charge is 0.450 e. The molecule has 4 fully saturated rings. The van der Waals surface area contributed by atoms with Crippen molar-refractivity contribution in [2.75, 3.05) is 30.7 Å². The molecule has 55 heavy (non-hydrogen) atoms.